The van der Waals surface area contributed by atoms with E-state index in [1.165, 1.54) is 0 Å². The Kier molecular flexibility index (Phi) is 11.4. The third kappa shape index (κ3) is 6.32. The van der Waals surface area contributed by atoms with Gasteiger partial charge in [0.1, 0.15) is 0 Å². The molecule has 1 heterocycles. The molecule has 0 saturated carbocycles. The summed E-state index contributed by atoms with van der Waals surface area (Å²) in [5.74, 6) is 1.10. The van der Waals surface area contributed by atoms with Crippen molar-refractivity contribution in [2.75, 3.05) is 11.5 Å². The summed E-state index contributed by atoms with van der Waals surface area (Å²) < 4.78 is 21.9. The van der Waals surface area contributed by atoms with Gasteiger partial charge in [-0.1, -0.05) is 0 Å². The molecule has 0 aliphatic carbocycles. The Morgan fingerprint density at radius 3 is 1.79 bits per heavy atom. The van der Waals surface area contributed by atoms with Crippen LogP contribution in [0, 0.1) is 5.92 Å². The molecule has 1 aliphatic rings. The maximum atomic E-state index is 11.0. The normalized spacial score (nSPS) is 25.9. The molecule has 1 rings (SSSR count). The molecule has 0 aromatic heterocycles. The van der Waals surface area contributed by atoms with Crippen molar-refractivity contribution in [3.05, 3.63) is 0 Å². The first kappa shape index (κ1) is 23.9. The van der Waals surface area contributed by atoms with E-state index in [-0.39, 0.29) is 65.0 Å². The van der Waals surface area contributed by atoms with Crippen molar-refractivity contribution in [2.24, 2.45) is 5.92 Å². The summed E-state index contributed by atoms with van der Waals surface area (Å²) in [5.41, 5.74) is 0. The van der Waals surface area contributed by atoms with Gasteiger partial charge in [0.25, 0.3) is 0 Å². The molecule has 0 amide bonds. The van der Waals surface area contributed by atoms with Crippen molar-refractivity contribution >= 4 is 27.0 Å². The molecular formula is C7H14Na2O7P2S. The van der Waals surface area contributed by atoms with Gasteiger partial charge in [0.05, 0.1) is 0 Å². The van der Waals surface area contributed by atoms with E-state index >= 15 is 0 Å². The van der Waals surface area contributed by atoms with Crippen LogP contribution >= 0.6 is 27.0 Å². The van der Waals surface area contributed by atoms with Crippen LogP contribution in [0.5, 0.6) is 0 Å². The summed E-state index contributed by atoms with van der Waals surface area (Å²) in [6.07, 6.45) is 0.377. The van der Waals surface area contributed by atoms with Crippen LogP contribution in [-0.2, 0) is 9.13 Å². The van der Waals surface area contributed by atoms with E-state index in [9.17, 15) is 24.0 Å². The first-order chi connectivity index (χ1) is 7.58. The van der Waals surface area contributed by atoms with Gasteiger partial charge in [-0.25, -0.2) is 0 Å². The van der Waals surface area contributed by atoms with E-state index in [4.69, 9.17) is 9.79 Å². The maximum absolute atomic E-state index is 11.0. The quantitative estimate of drug-likeness (QED) is 0.336. The molecule has 0 spiro atoms. The number of hydrogen-bond donors (Lipinski definition) is 3. The standard InChI is InChI=1S/C7H16O7P2S.2Na/c8-7(15(9,10)11,16(12,13)14)5-6-1-3-17-4-2-6;;/h6,8H,1-5H2,(H2,9,10,11)(H2,12,13,14);;/q;2*+1/p-2. The van der Waals surface area contributed by atoms with Gasteiger partial charge in [0.15, 0.2) is 20.3 Å². The van der Waals surface area contributed by atoms with Crippen LogP contribution in [0.1, 0.15) is 19.3 Å². The second kappa shape index (κ2) is 9.04. The Morgan fingerprint density at radius 2 is 1.47 bits per heavy atom. The Hall–Kier alpha value is 2.61. The van der Waals surface area contributed by atoms with Crippen molar-refractivity contribution < 1.29 is 92.9 Å². The van der Waals surface area contributed by atoms with Gasteiger partial charge in [-0.2, -0.15) is 11.8 Å². The van der Waals surface area contributed by atoms with Crippen molar-refractivity contribution in [2.45, 2.75) is 24.3 Å². The molecule has 0 bridgehead atoms. The van der Waals surface area contributed by atoms with Gasteiger partial charge >= 0.3 is 59.1 Å². The summed E-state index contributed by atoms with van der Waals surface area (Å²) in [6, 6.07) is 0. The van der Waals surface area contributed by atoms with Crippen molar-refractivity contribution in [3.8, 4) is 0 Å². The minimum Gasteiger partial charge on any atom is -0.776 e. The maximum Gasteiger partial charge on any atom is 1.00 e. The molecule has 1 aliphatic heterocycles. The van der Waals surface area contributed by atoms with Crippen LogP contribution in [0.2, 0.25) is 0 Å². The fraction of sp³-hybridized carbons (Fsp3) is 1.00. The molecule has 7 nitrogen and oxygen atoms in total. The predicted octanol–water partition coefficient (Wildman–Crippen LogP) is -6.73. The van der Waals surface area contributed by atoms with E-state index in [0.29, 0.717) is 12.8 Å². The topological polar surface area (TPSA) is 141 Å². The molecule has 102 valence electrons. The number of thioether (sulfide) groups is 1. The first-order valence-corrected chi connectivity index (χ1v) is 9.27. The molecular weight excluding hydrogens is 336 g/mol. The zero-order valence-corrected chi connectivity index (χ0v) is 17.5. The predicted molar refractivity (Wildman–Crippen MR) is 59.3 cm³/mol. The Labute approximate surface area is 160 Å². The van der Waals surface area contributed by atoms with E-state index in [1.54, 1.807) is 11.8 Å². The van der Waals surface area contributed by atoms with Gasteiger partial charge in [0.2, 0.25) is 0 Å². The third-order valence-electron chi connectivity index (χ3n) is 2.81. The largest absolute Gasteiger partial charge is 1.00 e. The van der Waals surface area contributed by atoms with Crippen molar-refractivity contribution in [1.82, 2.24) is 0 Å². The van der Waals surface area contributed by atoms with Gasteiger partial charge < -0.3 is 33.8 Å². The second-order valence-electron chi connectivity index (χ2n) is 4.08. The number of aliphatic hydroxyl groups is 1. The molecule has 1 saturated heterocycles. The van der Waals surface area contributed by atoms with E-state index < -0.39 is 26.7 Å². The molecule has 2 atom stereocenters. The zero-order chi connectivity index (χ0) is 13.3. The summed E-state index contributed by atoms with van der Waals surface area (Å²) in [7, 11) is -11.2. The van der Waals surface area contributed by atoms with Crippen LogP contribution < -0.4 is 68.9 Å². The molecule has 12 heteroatoms. The fourth-order valence-corrected chi connectivity index (χ4v) is 5.19. The average Bonchev–Trinajstić information content (AvgIpc) is 2.15. The van der Waals surface area contributed by atoms with Crippen LogP contribution in [0.4, 0.5) is 0 Å². The van der Waals surface area contributed by atoms with Crippen LogP contribution in [-0.4, -0.2) is 31.5 Å². The molecule has 0 radical (unpaired) electrons. The smallest absolute Gasteiger partial charge is 0.776 e. The first-order valence-electron chi connectivity index (χ1n) is 4.96. The zero-order valence-electron chi connectivity index (χ0n) is 10.9. The number of rotatable bonds is 4. The van der Waals surface area contributed by atoms with Gasteiger partial charge in [-0.15, -0.1) is 0 Å². The molecule has 1 fully saturated rings. The second-order valence-corrected chi connectivity index (χ2v) is 9.21. The van der Waals surface area contributed by atoms with E-state index in [0.717, 1.165) is 11.5 Å². The summed E-state index contributed by atoms with van der Waals surface area (Å²) in [5, 5.41) is 6.11. The van der Waals surface area contributed by atoms with E-state index in [1.807, 2.05) is 0 Å². The summed E-state index contributed by atoms with van der Waals surface area (Å²) in [6.45, 7) is 0. The van der Waals surface area contributed by atoms with Crippen LogP contribution in [0.25, 0.3) is 0 Å². The van der Waals surface area contributed by atoms with Crippen molar-refractivity contribution in [3.63, 3.8) is 0 Å². The van der Waals surface area contributed by atoms with Gasteiger partial charge in [0, 0.05) is 0 Å². The Balaban J connectivity index is 0. The SMILES string of the molecule is O=P([O-])(O)C(O)(CC1CCSCC1)P(=O)([O-])O.[Na+].[Na+]. The van der Waals surface area contributed by atoms with Crippen LogP contribution in [0.15, 0.2) is 0 Å². The van der Waals surface area contributed by atoms with Gasteiger partial charge in [-0.05, 0) is 36.7 Å². The molecule has 19 heavy (non-hydrogen) atoms. The number of hydrogen-bond acceptors (Lipinski definition) is 6. The molecule has 2 unspecified atom stereocenters. The summed E-state index contributed by atoms with van der Waals surface area (Å²) >= 11 is 1.64. The summed E-state index contributed by atoms with van der Waals surface area (Å²) in [4.78, 5) is 39.6. The fourth-order valence-electron chi connectivity index (χ4n) is 1.73. The van der Waals surface area contributed by atoms with Crippen molar-refractivity contribution in [1.29, 1.82) is 0 Å². The minimum atomic E-state index is -5.60. The average molecular weight is 350 g/mol. The van der Waals surface area contributed by atoms with Crippen LogP contribution in [0.3, 0.4) is 0 Å². The van der Waals surface area contributed by atoms with Gasteiger partial charge in [-0.3, -0.25) is 0 Å². The Bertz CT molecular complexity index is 342. The monoisotopic (exact) mass is 350 g/mol. The molecule has 0 aromatic carbocycles. The molecule has 3 N–H and O–H groups in total. The molecule has 0 aromatic rings. The van der Waals surface area contributed by atoms with E-state index in [2.05, 4.69) is 0 Å². The minimum absolute atomic E-state index is 0. The third-order valence-corrected chi connectivity index (χ3v) is 7.55. The Morgan fingerprint density at radius 1 is 1.11 bits per heavy atom.